The average Bonchev–Trinajstić information content (AvgIpc) is 2.63. The van der Waals surface area contributed by atoms with Gasteiger partial charge in [0.15, 0.2) is 0 Å². The molecule has 0 aliphatic heterocycles. The molecule has 102 valence electrons. The first-order chi connectivity index (χ1) is 9.02. The maximum Gasteiger partial charge on any atom is 0.130 e. The summed E-state index contributed by atoms with van der Waals surface area (Å²) < 4.78 is 1.70. The third kappa shape index (κ3) is 3.11. The number of aryl methyl sites for hydroxylation is 2. The van der Waals surface area contributed by atoms with E-state index >= 15 is 0 Å². The van der Waals surface area contributed by atoms with E-state index in [0.717, 1.165) is 22.7 Å². The molecule has 1 heterocycles. The number of benzene rings is 1. The Morgan fingerprint density at radius 2 is 1.89 bits per heavy atom. The number of hydrogen-bond acceptors (Lipinski definition) is 2. The van der Waals surface area contributed by atoms with Crippen LogP contribution in [0.15, 0.2) is 24.3 Å². The summed E-state index contributed by atoms with van der Waals surface area (Å²) in [5, 5.41) is 5.75. The molecule has 0 bridgehead atoms. The smallest absolute Gasteiger partial charge is 0.130 e. The van der Waals surface area contributed by atoms with Crippen LogP contribution in [0.2, 0.25) is 10.2 Å². The van der Waals surface area contributed by atoms with Crippen LogP contribution in [0.5, 0.6) is 0 Å². The second kappa shape index (κ2) is 5.95. The summed E-state index contributed by atoms with van der Waals surface area (Å²) in [6, 6.07) is 7.80. The van der Waals surface area contributed by atoms with Gasteiger partial charge in [-0.3, -0.25) is 4.68 Å². The lowest BCUT2D eigenvalue weighted by molar-refractivity contribution is 0.691. The van der Waals surface area contributed by atoms with Crippen molar-refractivity contribution in [3.8, 4) is 0 Å². The van der Waals surface area contributed by atoms with Crippen LogP contribution in [0.1, 0.15) is 22.7 Å². The zero-order valence-corrected chi connectivity index (χ0v) is 12.5. The highest BCUT2D eigenvalue weighted by atomic mass is 35.5. The van der Waals surface area contributed by atoms with Gasteiger partial charge >= 0.3 is 0 Å². The first-order valence-electron chi connectivity index (χ1n) is 6.16. The van der Waals surface area contributed by atoms with Crippen LogP contribution in [0.4, 0.5) is 0 Å². The Kier molecular flexibility index (Phi) is 4.50. The number of hydrogen-bond donors (Lipinski definition) is 1. The van der Waals surface area contributed by atoms with Gasteiger partial charge in [-0.1, -0.05) is 35.3 Å². The van der Waals surface area contributed by atoms with Crippen molar-refractivity contribution in [2.45, 2.75) is 19.3 Å². The molecule has 0 saturated heterocycles. The molecule has 1 aromatic heterocycles. The van der Waals surface area contributed by atoms with Gasteiger partial charge in [-0.15, -0.1) is 0 Å². The largest absolute Gasteiger partial charge is 0.330 e. The zero-order valence-electron chi connectivity index (χ0n) is 11.0. The molecule has 5 heteroatoms. The first-order valence-corrected chi connectivity index (χ1v) is 6.92. The van der Waals surface area contributed by atoms with Crippen molar-refractivity contribution in [1.82, 2.24) is 9.78 Å². The highest BCUT2D eigenvalue weighted by molar-refractivity contribution is 6.30. The van der Waals surface area contributed by atoms with Crippen molar-refractivity contribution in [2.24, 2.45) is 12.8 Å². The van der Waals surface area contributed by atoms with Crippen LogP contribution in [-0.4, -0.2) is 16.3 Å². The molecule has 0 spiro atoms. The fourth-order valence-corrected chi connectivity index (χ4v) is 2.60. The lowest BCUT2D eigenvalue weighted by Gasteiger charge is -2.15. The number of halogens is 2. The Morgan fingerprint density at radius 3 is 2.37 bits per heavy atom. The van der Waals surface area contributed by atoms with Crippen LogP contribution >= 0.6 is 23.2 Å². The summed E-state index contributed by atoms with van der Waals surface area (Å²) in [5.74, 6) is 0.220. The van der Waals surface area contributed by atoms with Gasteiger partial charge in [0.05, 0.1) is 5.69 Å². The summed E-state index contributed by atoms with van der Waals surface area (Å²) in [5.41, 5.74) is 9.09. The first kappa shape index (κ1) is 14.4. The van der Waals surface area contributed by atoms with Gasteiger partial charge in [0, 0.05) is 23.6 Å². The molecule has 0 aliphatic carbocycles. The summed E-state index contributed by atoms with van der Waals surface area (Å²) in [6.45, 7) is 2.53. The average molecular weight is 298 g/mol. The fourth-order valence-electron chi connectivity index (χ4n) is 2.22. The second-order valence-corrected chi connectivity index (χ2v) is 5.46. The SMILES string of the molecule is Cc1nn(C)c(Cl)c1CC(CN)c1ccc(Cl)cc1. The van der Waals surface area contributed by atoms with E-state index in [1.807, 2.05) is 38.2 Å². The monoisotopic (exact) mass is 297 g/mol. The van der Waals surface area contributed by atoms with Crippen molar-refractivity contribution < 1.29 is 0 Å². The van der Waals surface area contributed by atoms with Gasteiger partial charge in [-0.05, 0) is 37.6 Å². The molecule has 2 N–H and O–H groups in total. The van der Waals surface area contributed by atoms with E-state index in [0.29, 0.717) is 11.7 Å². The molecule has 1 atom stereocenters. The van der Waals surface area contributed by atoms with Gasteiger partial charge in [-0.2, -0.15) is 5.10 Å². The van der Waals surface area contributed by atoms with E-state index < -0.39 is 0 Å². The van der Waals surface area contributed by atoms with Gasteiger partial charge in [0.1, 0.15) is 5.15 Å². The normalized spacial score (nSPS) is 12.7. The predicted molar refractivity (Wildman–Crippen MR) is 79.9 cm³/mol. The van der Waals surface area contributed by atoms with Gasteiger partial charge in [0.2, 0.25) is 0 Å². The molecule has 2 aromatic rings. The maximum absolute atomic E-state index is 6.27. The molecular weight excluding hydrogens is 281 g/mol. The molecule has 1 aromatic carbocycles. The second-order valence-electron chi connectivity index (χ2n) is 4.67. The van der Waals surface area contributed by atoms with Crippen LogP contribution in [0.3, 0.4) is 0 Å². The van der Waals surface area contributed by atoms with E-state index in [9.17, 15) is 0 Å². The minimum atomic E-state index is 0.220. The quantitative estimate of drug-likeness (QED) is 0.941. The van der Waals surface area contributed by atoms with Crippen molar-refractivity contribution >= 4 is 23.2 Å². The van der Waals surface area contributed by atoms with Crippen LogP contribution in [0.25, 0.3) is 0 Å². The molecule has 3 nitrogen and oxygen atoms in total. The van der Waals surface area contributed by atoms with E-state index in [-0.39, 0.29) is 5.92 Å². The maximum atomic E-state index is 6.27. The van der Waals surface area contributed by atoms with E-state index in [4.69, 9.17) is 28.9 Å². The molecule has 0 aliphatic rings. The summed E-state index contributed by atoms with van der Waals surface area (Å²) in [6.07, 6.45) is 0.788. The standard InChI is InChI=1S/C14H17Cl2N3/c1-9-13(14(16)19(2)18-9)7-11(8-17)10-3-5-12(15)6-4-10/h3-6,11H,7-8,17H2,1-2H3. The van der Waals surface area contributed by atoms with Gasteiger partial charge in [-0.25, -0.2) is 0 Å². The van der Waals surface area contributed by atoms with Crippen LogP contribution in [0, 0.1) is 6.92 Å². The molecule has 0 fully saturated rings. The number of aromatic nitrogens is 2. The van der Waals surface area contributed by atoms with Gasteiger partial charge < -0.3 is 5.73 Å². The highest BCUT2D eigenvalue weighted by Gasteiger charge is 2.17. The Balaban J connectivity index is 2.26. The Bertz CT molecular complexity index is 561. The molecule has 0 radical (unpaired) electrons. The summed E-state index contributed by atoms with van der Waals surface area (Å²) in [7, 11) is 1.85. The van der Waals surface area contributed by atoms with E-state index in [2.05, 4.69) is 5.10 Å². The van der Waals surface area contributed by atoms with Crippen LogP contribution < -0.4 is 5.73 Å². The number of rotatable bonds is 4. The number of nitrogens with two attached hydrogens (primary N) is 1. The van der Waals surface area contributed by atoms with E-state index in [1.165, 1.54) is 5.56 Å². The highest BCUT2D eigenvalue weighted by Crippen LogP contribution is 2.27. The third-order valence-corrected chi connectivity index (χ3v) is 4.07. The third-order valence-electron chi connectivity index (χ3n) is 3.35. The van der Waals surface area contributed by atoms with Crippen molar-refractivity contribution in [3.05, 3.63) is 51.3 Å². The Morgan fingerprint density at radius 1 is 1.26 bits per heavy atom. The molecule has 19 heavy (non-hydrogen) atoms. The Hall–Kier alpha value is -1.03. The Labute approximate surface area is 123 Å². The summed E-state index contributed by atoms with van der Waals surface area (Å²) in [4.78, 5) is 0. The summed E-state index contributed by atoms with van der Waals surface area (Å²) >= 11 is 12.2. The molecule has 0 amide bonds. The number of nitrogens with zero attached hydrogens (tertiary/aromatic N) is 2. The topological polar surface area (TPSA) is 43.8 Å². The lowest BCUT2D eigenvalue weighted by atomic mass is 9.92. The molecule has 1 unspecified atom stereocenters. The van der Waals surface area contributed by atoms with E-state index in [1.54, 1.807) is 4.68 Å². The molecular formula is C14H17Cl2N3. The zero-order chi connectivity index (χ0) is 14.0. The minimum Gasteiger partial charge on any atom is -0.330 e. The minimum absolute atomic E-state index is 0.220. The van der Waals surface area contributed by atoms with Crippen LogP contribution in [-0.2, 0) is 13.5 Å². The van der Waals surface area contributed by atoms with Crippen molar-refractivity contribution in [3.63, 3.8) is 0 Å². The molecule has 0 saturated carbocycles. The fraction of sp³-hybridized carbons (Fsp3) is 0.357. The van der Waals surface area contributed by atoms with Gasteiger partial charge in [0.25, 0.3) is 0 Å². The van der Waals surface area contributed by atoms with Crippen molar-refractivity contribution in [2.75, 3.05) is 6.54 Å². The molecule has 2 rings (SSSR count). The predicted octanol–water partition coefficient (Wildman–Crippen LogP) is 3.32. The van der Waals surface area contributed by atoms with Crippen molar-refractivity contribution in [1.29, 1.82) is 0 Å². The lowest BCUT2D eigenvalue weighted by Crippen LogP contribution is -2.15.